The van der Waals surface area contributed by atoms with E-state index in [-0.39, 0.29) is 29.7 Å². The summed E-state index contributed by atoms with van der Waals surface area (Å²) in [5.41, 5.74) is 1.39. The van der Waals surface area contributed by atoms with Crippen molar-refractivity contribution >= 4 is 21.6 Å². The minimum Gasteiger partial charge on any atom is -0.406 e. The molecule has 0 unspecified atom stereocenters. The monoisotopic (exact) mass is 524 g/mol. The Morgan fingerprint density at radius 1 is 1.11 bits per heavy atom. The molecule has 1 amide bonds. The summed E-state index contributed by atoms with van der Waals surface area (Å²) < 4.78 is 73.7. The zero-order valence-electron chi connectivity index (χ0n) is 19.4. The van der Waals surface area contributed by atoms with E-state index >= 15 is 0 Å². The van der Waals surface area contributed by atoms with Crippen LogP contribution in [0.3, 0.4) is 0 Å². The maximum absolute atomic E-state index is 13.4. The summed E-state index contributed by atoms with van der Waals surface area (Å²) in [6.45, 7) is 3.62. The standard InChI is InChI=1S/C23H23F3N4O5S/c1-14-3-4-17(21-27-15(2)35-29-21)13-20(14)36(32,33)30-11-9-16(10-12-30)22(31)28-18-5-7-19(8-6-18)34-23(24,25)26/h3-8,13,16H,9-12H2,1-2H3,(H,28,31). The van der Waals surface area contributed by atoms with E-state index in [0.29, 0.717) is 35.5 Å². The van der Waals surface area contributed by atoms with Gasteiger partial charge in [-0.1, -0.05) is 17.3 Å². The van der Waals surface area contributed by atoms with Gasteiger partial charge in [0.05, 0.1) is 4.90 Å². The van der Waals surface area contributed by atoms with Gasteiger partial charge in [0, 0.05) is 37.2 Å². The first-order chi connectivity index (χ1) is 16.9. The van der Waals surface area contributed by atoms with Crippen molar-refractivity contribution in [3.8, 4) is 17.1 Å². The quantitative estimate of drug-likeness (QED) is 0.512. The first-order valence-electron chi connectivity index (χ1n) is 11.0. The van der Waals surface area contributed by atoms with E-state index in [9.17, 15) is 26.4 Å². The van der Waals surface area contributed by atoms with E-state index in [1.54, 1.807) is 26.0 Å². The molecule has 0 bridgehead atoms. The number of hydrogen-bond acceptors (Lipinski definition) is 7. The number of aromatic nitrogens is 2. The molecule has 1 aliphatic rings. The van der Waals surface area contributed by atoms with Crippen LogP contribution in [0.15, 0.2) is 51.9 Å². The molecule has 192 valence electrons. The van der Waals surface area contributed by atoms with Gasteiger partial charge in [0.2, 0.25) is 27.6 Å². The van der Waals surface area contributed by atoms with E-state index in [1.807, 2.05) is 0 Å². The Hall–Kier alpha value is -3.45. The zero-order valence-corrected chi connectivity index (χ0v) is 20.2. The number of rotatable bonds is 6. The Morgan fingerprint density at radius 2 is 1.78 bits per heavy atom. The van der Waals surface area contributed by atoms with Gasteiger partial charge in [0.1, 0.15) is 5.75 Å². The fraction of sp³-hybridized carbons (Fsp3) is 0.348. The van der Waals surface area contributed by atoms with Gasteiger partial charge in [0.25, 0.3) is 0 Å². The summed E-state index contributed by atoms with van der Waals surface area (Å²) in [4.78, 5) is 16.9. The van der Waals surface area contributed by atoms with Crippen LogP contribution in [-0.2, 0) is 14.8 Å². The van der Waals surface area contributed by atoms with Crippen LogP contribution in [0.25, 0.3) is 11.4 Å². The van der Waals surface area contributed by atoms with Gasteiger partial charge in [-0.05, 0) is 55.7 Å². The number of piperidine rings is 1. The third kappa shape index (κ3) is 5.85. The Bertz CT molecular complexity index is 1350. The van der Waals surface area contributed by atoms with Crippen LogP contribution in [-0.4, -0.2) is 48.2 Å². The first-order valence-corrected chi connectivity index (χ1v) is 12.4. The average molecular weight is 525 g/mol. The molecule has 0 atom stereocenters. The van der Waals surface area contributed by atoms with Gasteiger partial charge in [-0.3, -0.25) is 4.79 Å². The summed E-state index contributed by atoms with van der Waals surface area (Å²) in [5, 5.41) is 6.50. The van der Waals surface area contributed by atoms with Crippen LogP contribution < -0.4 is 10.1 Å². The Labute approximate surface area is 205 Å². The number of nitrogens with zero attached hydrogens (tertiary/aromatic N) is 3. The minimum absolute atomic E-state index is 0.131. The topological polar surface area (TPSA) is 115 Å². The van der Waals surface area contributed by atoms with Gasteiger partial charge in [-0.2, -0.15) is 9.29 Å². The van der Waals surface area contributed by atoms with Crippen molar-refractivity contribution in [1.29, 1.82) is 0 Å². The molecule has 1 N–H and O–H groups in total. The number of nitrogens with one attached hydrogen (secondary N) is 1. The highest BCUT2D eigenvalue weighted by atomic mass is 32.2. The van der Waals surface area contributed by atoms with Crippen LogP contribution in [0, 0.1) is 19.8 Å². The van der Waals surface area contributed by atoms with Crippen molar-refractivity contribution in [3.63, 3.8) is 0 Å². The summed E-state index contributed by atoms with van der Waals surface area (Å²) in [5.74, 6) is -0.523. The number of ether oxygens (including phenoxy) is 1. The highest BCUT2D eigenvalue weighted by Gasteiger charge is 2.34. The molecule has 0 spiro atoms. The van der Waals surface area contributed by atoms with Crippen LogP contribution in [0.4, 0.5) is 18.9 Å². The maximum atomic E-state index is 13.4. The van der Waals surface area contributed by atoms with Crippen molar-refractivity contribution < 1.29 is 35.6 Å². The summed E-state index contributed by atoms with van der Waals surface area (Å²) in [6.07, 6.45) is -4.21. The van der Waals surface area contributed by atoms with Crippen molar-refractivity contribution in [1.82, 2.24) is 14.4 Å². The molecule has 9 nitrogen and oxygen atoms in total. The number of carbonyl (C=O) groups is 1. The highest BCUT2D eigenvalue weighted by Crippen LogP contribution is 2.30. The zero-order chi connectivity index (χ0) is 26.1. The molecule has 1 aromatic heterocycles. The molecule has 1 fully saturated rings. The van der Waals surface area contributed by atoms with Crippen LogP contribution in [0.5, 0.6) is 5.75 Å². The van der Waals surface area contributed by atoms with E-state index in [1.165, 1.54) is 22.5 Å². The summed E-state index contributed by atoms with van der Waals surface area (Å²) >= 11 is 0. The lowest BCUT2D eigenvalue weighted by molar-refractivity contribution is -0.274. The lowest BCUT2D eigenvalue weighted by Crippen LogP contribution is -2.41. The third-order valence-corrected chi connectivity index (χ3v) is 7.81. The lowest BCUT2D eigenvalue weighted by atomic mass is 9.97. The Kier molecular flexibility index (Phi) is 7.05. The van der Waals surface area contributed by atoms with E-state index in [2.05, 4.69) is 20.2 Å². The van der Waals surface area contributed by atoms with Crippen molar-refractivity contribution in [2.24, 2.45) is 5.92 Å². The molecular weight excluding hydrogens is 501 g/mol. The molecule has 36 heavy (non-hydrogen) atoms. The molecule has 0 aliphatic carbocycles. The normalized spacial score (nSPS) is 15.6. The largest absolute Gasteiger partial charge is 0.573 e. The minimum atomic E-state index is -4.80. The number of anilines is 1. The van der Waals surface area contributed by atoms with Gasteiger partial charge >= 0.3 is 6.36 Å². The van der Waals surface area contributed by atoms with Gasteiger partial charge in [0.15, 0.2) is 0 Å². The van der Waals surface area contributed by atoms with Gasteiger partial charge in [-0.25, -0.2) is 8.42 Å². The van der Waals surface area contributed by atoms with Crippen molar-refractivity contribution in [3.05, 3.63) is 53.9 Å². The van der Waals surface area contributed by atoms with E-state index in [0.717, 1.165) is 12.1 Å². The summed E-state index contributed by atoms with van der Waals surface area (Å²) in [7, 11) is -3.83. The second kappa shape index (κ2) is 9.90. The number of alkyl halides is 3. The predicted octanol–water partition coefficient (Wildman–Crippen LogP) is 4.29. The van der Waals surface area contributed by atoms with Crippen molar-refractivity contribution in [2.45, 2.75) is 37.9 Å². The summed E-state index contributed by atoms with van der Waals surface area (Å²) in [6, 6.07) is 9.73. The number of aryl methyl sites for hydroxylation is 2. The predicted molar refractivity (Wildman–Crippen MR) is 122 cm³/mol. The molecule has 2 aromatic carbocycles. The Balaban J connectivity index is 1.39. The Morgan fingerprint density at radius 3 is 2.36 bits per heavy atom. The highest BCUT2D eigenvalue weighted by molar-refractivity contribution is 7.89. The second-order valence-corrected chi connectivity index (χ2v) is 10.3. The number of sulfonamides is 1. The smallest absolute Gasteiger partial charge is 0.406 e. The van der Waals surface area contributed by atoms with Crippen LogP contribution in [0.1, 0.15) is 24.3 Å². The maximum Gasteiger partial charge on any atom is 0.573 e. The van der Waals surface area contributed by atoms with Gasteiger partial charge < -0.3 is 14.6 Å². The number of benzene rings is 2. The van der Waals surface area contributed by atoms with Crippen molar-refractivity contribution in [2.75, 3.05) is 18.4 Å². The molecule has 0 radical (unpaired) electrons. The molecule has 2 heterocycles. The SMILES string of the molecule is Cc1nc(-c2ccc(C)c(S(=O)(=O)N3CCC(C(=O)Nc4ccc(OC(F)(F)F)cc4)CC3)c2)no1. The molecule has 3 aromatic rings. The molecule has 13 heteroatoms. The first kappa shape index (κ1) is 25.6. The number of halogens is 3. The molecule has 0 saturated carbocycles. The second-order valence-electron chi connectivity index (χ2n) is 8.36. The molecule has 1 saturated heterocycles. The molecule has 4 rings (SSSR count). The molecular formula is C23H23F3N4O5S. The third-order valence-electron chi connectivity index (χ3n) is 5.77. The lowest BCUT2D eigenvalue weighted by Gasteiger charge is -2.31. The molecule has 1 aliphatic heterocycles. The van der Waals surface area contributed by atoms with Crippen LogP contribution in [0.2, 0.25) is 0 Å². The van der Waals surface area contributed by atoms with Gasteiger partial charge in [-0.15, -0.1) is 13.2 Å². The number of amides is 1. The fourth-order valence-electron chi connectivity index (χ4n) is 3.92. The van der Waals surface area contributed by atoms with E-state index < -0.39 is 28.1 Å². The number of hydrogen-bond donors (Lipinski definition) is 1. The van der Waals surface area contributed by atoms with Crippen LogP contribution >= 0.6 is 0 Å². The van der Waals surface area contributed by atoms with E-state index in [4.69, 9.17) is 4.52 Å². The number of carbonyl (C=O) groups excluding carboxylic acids is 1. The fourth-order valence-corrected chi connectivity index (χ4v) is 5.64. The average Bonchev–Trinajstić information content (AvgIpc) is 3.26.